The third-order valence-corrected chi connectivity index (χ3v) is 11.7. The standard InChI is InChI=1S/C35H43N5O8S/c1-21-9-14-29(36-20-21)26-13-10-23(47-3)18-30(26)37-34(44)48-24-16-27-28(17-24)32(42)40(2)15-7-5-4-6-8-22-19-35(22,38-31(27)41)33(43)39-49(45,46)25-11-12-25/h6,8-10,13-14,18,20,22,24-25,27-28H,4-5,7,11-12,15-17,19H2,1-3H3,(H,37,44)(H,38,41)(H,39,43)/b8-6-/t22-,24+,27+,28+,35+/m0/s1. The van der Waals surface area contributed by atoms with Crippen LogP contribution in [0.25, 0.3) is 11.3 Å². The zero-order valence-corrected chi connectivity index (χ0v) is 28.8. The van der Waals surface area contributed by atoms with Crippen molar-refractivity contribution in [3.05, 3.63) is 54.2 Å². The molecule has 14 heteroatoms. The minimum Gasteiger partial charge on any atom is -0.497 e. The number of hydrogen-bond acceptors (Lipinski definition) is 9. The van der Waals surface area contributed by atoms with Gasteiger partial charge >= 0.3 is 6.09 Å². The van der Waals surface area contributed by atoms with Gasteiger partial charge in [0.05, 0.1) is 35.6 Å². The zero-order chi connectivity index (χ0) is 34.9. The molecule has 262 valence electrons. The molecule has 0 unspecified atom stereocenters. The summed E-state index contributed by atoms with van der Waals surface area (Å²) in [5.74, 6) is -3.15. The van der Waals surface area contributed by atoms with Gasteiger partial charge < -0.3 is 19.7 Å². The van der Waals surface area contributed by atoms with Gasteiger partial charge in [0.15, 0.2) is 0 Å². The second-order valence-corrected chi connectivity index (χ2v) is 15.6. The highest BCUT2D eigenvalue weighted by molar-refractivity contribution is 7.91. The van der Waals surface area contributed by atoms with E-state index in [2.05, 4.69) is 20.3 Å². The summed E-state index contributed by atoms with van der Waals surface area (Å²) in [4.78, 5) is 60.6. The van der Waals surface area contributed by atoms with Crippen LogP contribution in [0.4, 0.5) is 10.5 Å². The molecule has 5 atom stereocenters. The van der Waals surface area contributed by atoms with Gasteiger partial charge in [-0.1, -0.05) is 18.2 Å². The maximum atomic E-state index is 14.0. The van der Waals surface area contributed by atoms with Crippen molar-refractivity contribution in [2.75, 3.05) is 26.0 Å². The number of nitrogens with zero attached hydrogens (tertiary/aromatic N) is 2. The predicted molar refractivity (Wildman–Crippen MR) is 181 cm³/mol. The van der Waals surface area contributed by atoms with Crippen LogP contribution in [0, 0.1) is 24.7 Å². The molecule has 49 heavy (non-hydrogen) atoms. The number of aromatic nitrogens is 1. The second kappa shape index (κ2) is 13.8. The van der Waals surface area contributed by atoms with E-state index in [4.69, 9.17) is 9.47 Å². The lowest BCUT2D eigenvalue weighted by Crippen LogP contribution is -2.54. The molecule has 2 aromatic rings. The number of carbonyl (C=O) groups is 4. The zero-order valence-electron chi connectivity index (χ0n) is 27.9. The molecule has 2 heterocycles. The van der Waals surface area contributed by atoms with Gasteiger partial charge in [-0.3, -0.25) is 29.4 Å². The van der Waals surface area contributed by atoms with E-state index in [9.17, 15) is 27.6 Å². The average Bonchev–Trinajstić information content (AvgIpc) is 3.99. The van der Waals surface area contributed by atoms with Crippen LogP contribution in [-0.4, -0.2) is 79.7 Å². The number of benzene rings is 1. The molecule has 1 aliphatic heterocycles. The first-order valence-electron chi connectivity index (χ1n) is 16.8. The van der Waals surface area contributed by atoms with Crippen molar-refractivity contribution in [2.45, 2.75) is 75.2 Å². The van der Waals surface area contributed by atoms with Crippen LogP contribution in [0.1, 0.15) is 56.9 Å². The Morgan fingerprint density at radius 3 is 2.57 bits per heavy atom. The number of carbonyl (C=O) groups excluding carboxylic acids is 4. The summed E-state index contributed by atoms with van der Waals surface area (Å²) in [5.41, 5.74) is 1.23. The van der Waals surface area contributed by atoms with Gasteiger partial charge in [0, 0.05) is 37.3 Å². The molecule has 3 N–H and O–H groups in total. The van der Waals surface area contributed by atoms with E-state index >= 15 is 0 Å². The number of rotatable bonds is 7. The highest BCUT2D eigenvalue weighted by atomic mass is 32.2. The summed E-state index contributed by atoms with van der Waals surface area (Å²) >= 11 is 0. The van der Waals surface area contributed by atoms with Crippen LogP contribution in [0.15, 0.2) is 48.7 Å². The maximum absolute atomic E-state index is 14.0. The third kappa shape index (κ3) is 7.58. The molecule has 6 rings (SSSR count). The molecule has 3 aliphatic carbocycles. The van der Waals surface area contributed by atoms with E-state index in [1.54, 1.807) is 36.3 Å². The molecular weight excluding hydrogens is 650 g/mol. The van der Waals surface area contributed by atoms with E-state index in [0.29, 0.717) is 42.1 Å². The maximum Gasteiger partial charge on any atom is 0.411 e. The number of ether oxygens (including phenoxy) is 2. The number of methoxy groups -OCH3 is 1. The molecule has 1 aromatic carbocycles. The number of anilines is 1. The van der Waals surface area contributed by atoms with Crippen molar-refractivity contribution < 1.29 is 37.1 Å². The van der Waals surface area contributed by atoms with Crippen LogP contribution in [0.2, 0.25) is 0 Å². The quantitative estimate of drug-likeness (QED) is 0.366. The third-order valence-electron chi connectivity index (χ3n) is 9.92. The minimum absolute atomic E-state index is 0.0482. The molecule has 4 aliphatic rings. The van der Waals surface area contributed by atoms with Gasteiger partial charge in [0.1, 0.15) is 17.4 Å². The molecule has 4 amide bonds. The molecule has 0 saturated heterocycles. The van der Waals surface area contributed by atoms with E-state index < -0.39 is 56.7 Å². The summed E-state index contributed by atoms with van der Waals surface area (Å²) in [6.07, 6.45) is 7.63. The van der Waals surface area contributed by atoms with E-state index in [-0.39, 0.29) is 31.1 Å². The van der Waals surface area contributed by atoms with E-state index in [1.807, 2.05) is 31.2 Å². The lowest BCUT2D eigenvalue weighted by molar-refractivity contribution is -0.140. The Labute approximate surface area is 286 Å². The summed E-state index contributed by atoms with van der Waals surface area (Å²) in [6.45, 7) is 2.43. The predicted octanol–water partition coefficient (Wildman–Crippen LogP) is 3.69. The van der Waals surface area contributed by atoms with Gasteiger partial charge in [-0.2, -0.15) is 0 Å². The Hall–Kier alpha value is -4.46. The number of hydrogen-bond donors (Lipinski definition) is 3. The molecule has 0 bridgehead atoms. The van der Waals surface area contributed by atoms with Crippen molar-refractivity contribution in [3.63, 3.8) is 0 Å². The lowest BCUT2D eigenvalue weighted by atomic mass is 9.93. The summed E-state index contributed by atoms with van der Waals surface area (Å²) in [6, 6.07) is 8.96. The van der Waals surface area contributed by atoms with Crippen molar-refractivity contribution in [1.29, 1.82) is 0 Å². The number of nitrogens with one attached hydrogen (secondary N) is 3. The molecule has 13 nitrogen and oxygen atoms in total. The number of amides is 4. The Balaban J connectivity index is 1.21. The van der Waals surface area contributed by atoms with Crippen LogP contribution in [0.3, 0.4) is 0 Å². The number of fused-ring (bicyclic) bond motifs is 2. The minimum atomic E-state index is -3.85. The topological polar surface area (TPSA) is 173 Å². The monoisotopic (exact) mass is 693 g/mol. The van der Waals surface area contributed by atoms with E-state index in [0.717, 1.165) is 24.8 Å². The highest BCUT2D eigenvalue weighted by Crippen LogP contribution is 2.47. The fraction of sp³-hybridized carbons (Fsp3) is 0.514. The molecular formula is C35H43N5O8S. The van der Waals surface area contributed by atoms with Gasteiger partial charge in [-0.15, -0.1) is 0 Å². The number of pyridine rings is 1. The fourth-order valence-corrected chi connectivity index (χ4v) is 8.15. The molecule has 1 aromatic heterocycles. The van der Waals surface area contributed by atoms with Crippen LogP contribution < -0.4 is 20.1 Å². The molecule has 3 saturated carbocycles. The Bertz CT molecular complexity index is 1760. The van der Waals surface area contributed by atoms with E-state index in [1.165, 1.54) is 7.11 Å². The largest absolute Gasteiger partial charge is 0.497 e. The Kier molecular flexibility index (Phi) is 9.70. The van der Waals surface area contributed by atoms with Gasteiger partial charge in [0.2, 0.25) is 21.8 Å². The fourth-order valence-electron chi connectivity index (χ4n) is 6.79. The molecule has 0 spiro atoms. The second-order valence-electron chi connectivity index (χ2n) is 13.6. The summed E-state index contributed by atoms with van der Waals surface area (Å²) in [7, 11) is -0.637. The smallest absolute Gasteiger partial charge is 0.411 e. The molecule has 0 radical (unpaired) electrons. The highest BCUT2D eigenvalue weighted by Gasteiger charge is 2.62. The SMILES string of the molecule is COc1ccc(-c2ccc(C)cn2)c(NC(=O)O[C@@H]2C[C@H]3C(=O)N[C@]4(C(=O)NS(=O)(=O)C5CC5)C[C@@H]4/C=C\CCCCN(C)C(=O)[C@@H]3C2)c1. The van der Waals surface area contributed by atoms with Gasteiger partial charge in [0.25, 0.3) is 5.91 Å². The Morgan fingerprint density at radius 1 is 1.08 bits per heavy atom. The van der Waals surface area contributed by atoms with Crippen molar-refractivity contribution >= 4 is 39.5 Å². The number of aryl methyl sites for hydroxylation is 1. The first-order chi connectivity index (χ1) is 23.4. The average molecular weight is 694 g/mol. The van der Waals surface area contributed by atoms with Crippen molar-refractivity contribution in [3.8, 4) is 17.0 Å². The van der Waals surface area contributed by atoms with Gasteiger partial charge in [-0.25, -0.2) is 13.2 Å². The van der Waals surface area contributed by atoms with Crippen molar-refractivity contribution in [1.82, 2.24) is 19.9 Å². The number of sulfonamides is 1. The van der Waals surface area contributed by atoms with Gasteiger partial charge in [-0.05, 0) is 82.1 Å². The first kappa shape index (κ1) is 34.4. The first-order valence-corrected chi connectivity index (χ1v) is 18.3. The Morgan fingerprint density at radius 2 is 1.86 bits per heavy atom. The van der Waals surface area contributed by atoms with Crippen molar-refractivity contribution in [2.24, 2.45) is 17.8 Å². The van der Waals surface area contributed by atoms with Crippen LogP contribution in [-0.2, 0) is 29.1 Å². The summed E-state index contributed by atoms with van der Waals surface area (Å²) in [5, 5.41) is 5.04. The lowest BCUT2D eigenvalue weighted by Gasteiger charge is -2.26. The normalized spacial score (nSPS) is 27.9. The van der Waals surface area contributed by atoms with Crippen LogP contribution >= 0.6 is 0 Å². The summed E-state index contributed by atoms with van der Waals surface area (Å²) < 4.78 is 38.7. The number of allylic oxidation sites excluding steroid dienone is 1. The molecule has 3 fully saturated rings. The van der Waals surface area contributed by atoms with Crippen LogP contribution in [0.5, 0.6) is 5.75 Å².